The first-order valence-electron chi connectivity index (χ1n) is 8.82. The van der Waals surface area contributed by atoms with E-state index in [9.17, 15) is 13.2 Å². The number of hydrogen-bond acceptors (Lipinski definition) is 4. The monoisotopic (exact) mass is 365 g/mol. The topological polar surface area (TPSA) is 60.9 Å². The molecule has 138 valence electrons. The van der Waals surface area contributed by atoms with E-state index < -0.39 is 10.0 Å². The minimum atomic E-state index is -3.16. The van der Waals surface area contributed by atoms with Crippen LogP contribution >= 0.6 is 0 Å². The molecule has 1 aromatic carbocycles. The number of benzene rings is 1. The Kier molecular flexibility index (Phi) is 5.18. The Hall–Kier alpha value is -1.44. The summed E-state index contributed by atoms with van der Waals surface area (Å²) in [5, 5.41) is 0. The average Bonchev–Trinajstić information content (AvgIpc) is 2.89. The molecule has 2 aliphatic rings. The van der Waals surface area contributed by atoms with E-state index in [1.807, 2.05) is 23.1 Å². The quantitative estimate of drug-likeness (QED) is 0.807. The van der Waals surface area contributed by atoms with Crippen LogP contribution in [0.3, 0.4) is 0 Å². The zero-order chi connectivity index (χ0) is 18.2. The van der Waals surface area contributed by atoms with Gasteiger partial charge in [0.1, 0.15) is 0 Å². The number of carbonyl (C=O) groups excluding carboxylic acids is 1. The molecule has 1 unspecified atom stereocenters. The molecule has 0 bridgehead atoms. The lowest BCUT2D eigenvalue weighted by atomic mass is 10.1. The summed E-state index contributed by atoms with van der Waals surface area (Å²) < 4.78 is 24.8. The molecule has 0 spiro atoms. The highest BCUT2D eigenvalue weighted by molar-refractivity contribution is 7.88. The van der Waals surface area contributed by atoms with Crippen molar-refractivity contribution in [3.63, 3.8) is 0 Å². The first-order chi connectivity index (χ1) is 11.8. The van der Waals surface area contributed by atoms with Gasteiger partial charge in [-0.05, 0) is 37.8 Å². The van der Waals surface area contributed by atoms with Crippen LogP contribution in [0.5, 0.6) is 0 Å². The van der Waals surface area contributed by atoms with Crippen LogP contribution in [0, 0.1) is 0 Å². The highest BCUT2D eigenvalue weighted by Gasteiger charge is 2.33. The molecule has 0 aliphatic carbocycles. The van der Waals surface area contributed by atoms with Gasteiger partial charge in [0.05, 0.1) is 12.8 Å². The standard InChI is InChI=1S/C18H27N3O3S/c1-14-12-15-6-4-5-7-17(15)21(14)18(22)13-20-10-8-16(9-11-20)19(2)25(3,23)24/h4-7,14,16H,8-13H2,1-3H3. The summed E-state index contributed by atoms with van der Waals surface area (Å²) in [6, 6.07) is 8.33. The van der Waals surface area contributed by atoms with Gasteiger partial charge in [0.2, 0.25) is 15.9 Å². The van der Waals surface area contributed by atoms with Gasteiger partial charge in [0.15, 0.2) is 0 Å². The van der Waals surface area contributed by atoms with E-state index in [1.165, 1.54) is 16.1 Å². The van der Waals surface area contributed by atoms with Gasteiger partial charge in [-0.25, -0.2) is 12.7 Å². The van der Waals surface area contributed by atoms with E-state index in [4.69, 9.17) is 0 Å². The third kappa shape index (κ3) is 3.88. The van der Waals surface area contributed by atoms with Gasteiger partial charge in [-0.1, -0.05) is 18.2 Å². The Balaban J connectivity index is 1.59. The maximum absolute atomic E-state index is 12.8. The van der Waals surface area contributed by atoms with Crippen LogP contribution in [0.15, 0.2) is 24.3 Å². The molecule has 6 nitrogen and oxygen atoms in total. The zero-order valence-electron chi connectivity index (χ0n) is 15.2. The molecule has 2 heterocycles. The highest BCUT2D eigenvalue weighted by atomic mass is 32.2. The fraction of sp³-hybridized carbons (Fsp3) is 0.611. The molecule has 3 rings (SSSR count). The number of anilines is 1. The van der Waals surface area contributed by atoms with Crippen LogP contribution in [0.4, 0.5) is 5.69 Å². The fourth-order valence-corrected chi connectivity index (χ4v) is 4.68. The molecule has 2 aliphatic heterocycles. The molecule has 0 saturated carbocycles. The molecule has 1 aromatic rings. The summed E-state index contributed by atoms with van der Waals surface area (Å²) in [6.45, 7) is 3.99. The number of nitrogens with zero attached hydrogens (tertiary/aromatic N) is 3. The number of likely N-dealkylation sites (tertiary alicyclic amines) is 1. The van der Waals surface area contributed by atoms with Gasteiger partial charge in [0, 0.05) is 37.9 Å². The molecular formula is C18H27N3O3S. The number of para-hydroxylation sites is 1. The van der Waals surface area contributed by atoms with Crippen molar-refractivity contribution in [2.75, 3.05) is 37.8 Å². The lowest BCUT2D eigenvalue weighted by Crippen LogP contribution is -2.49. The second kappa shape index (κ2) is 7.05. The van der Waals surface area contributed by atoms with Crippen molar-refractivity contribution in [1.82, 2.24) is 9.21 Å². The number of carbonyl (C=O) groups is 1. The summed E-state index contributed by atoms with van der Waals surface area (Å²) in [5.41, 5.74) is 2.27. The molecule has 25 heavy (non-hydrogen) atoms. The number of rotatable bonds is 4. The molecule has 0 N–H and O–H groups in total. The highest BCUT2D eigenvalue weighted by Crippen LogP contribution is 2.32. The molecule has 1 atom stereocenters. The predicted octanol–water partition coefficient (Wildman–Crippen LogP) is 1.32. The fourth-order valence-electron chi connectivity index (χ4n) is 3.92. The Morgan fingerprint density at radius 1 is 1.24 bits per heavy atom. The van der Waals surface area contributed by atoms with Gasteiger partial charge < -0.3 is 4.90 Å². The normalized spacial score (nSPS) is 22.4. The minimum absolute atomic E-state index is 0.0350. The van der Waals surface area contributed by atoms with Crippen molar-refractivity contribution in [3.05, 3.63) is 29.8 Å². The van der Waals surface area contributed by atoms with Gasteiger partial charge in [-0.15, -0.1) is 0 Å². The Morgan fingerprint density at radius 2 is 1.88 bits per heavy atom. The van der Waals surface area contributed by atoms with Crippen LogP contribution in [-0.2, 0) is 21.2 Å². The van der Waals surface area contributed by atoms with E-state index in [0.29, 0.717) is 6.54 Å². The molecule has 7 heteroatoms. The minimum Gasteiger partial charge on any atom is -0.308 e. The lowest BCUT2D eigenvalue weighted by Gasteiger charge is -2.36. The Morgan fingerprint density at radius 3 is 2.52 bits per heavy atom. The summed E-state index contributed by atoms with van der Waals surface area (Å²) in [5.74, 6) is 0.132. The molecule has 1 fully saturated rings. The second-order valence-electron chi connectivity index (χ2n) is 7.23. The zero-order valence-corrected chi connectivity index (χ0v) is 16.0. The van der Waals surface area contributed by atoms with Crippen LogP contribution in [0.1, 0.15) is 25.3 Å². The van der Waals surface area contributed by atoms with Crippen molar-refractivity contribution < 1.29 is 13.2 Å². The van der Waals surface area contributed by atoms with E-state index in [0.717, 1.165) is 38.0 Å². The van der Waals surface area contributed by atoms with E-state index in [-0.39, 0.29) is 18.0 Å². The van der Waals surface area contributed by atoms with Crippen molar-refractivity contribution in [1.29, 1.82) is 0 Å². The second-order valence-corrected chi connectivity index (χ2v) is 9.27. The number of fused-ring (bicyclic) bond motifs is 1. The summed E-state index contributed by atoms with van der Waals surface area (Å²) in [4.78, 5) is 16.9. The largest absolute Gasteiger partial charge is 0.308 e. The van der Waals surface area contributed by atoms with Crippen LogP contribution < -0.4 is 4.90 Å². The van der Waals surface area contributed by atoms with Crippen LogP contribution in [0.2, 0.25) is 0 Å². The van der Waals surface area contributed by atoms with Crippen molar-refractivity contribution >= 4 is 21.6 Å². The van der Waals surface area contributed by atoms with E-state index in [1.54, 1.807) is 7.05 Å². The molecule has 0 aromatic heterocycles. The van der Waals surface area contributed by atoms with Crippen molar-refractivity contribution in [2.24, 2.45) is 0 Å². The molecule has 0 radical (unpaired) electrons. The number of amides is 1. The third-order valence-corrected chi connectivity index (χ3v) is 6.77. The molecule has 1 amide bonds. The summed E-state index contributed by atoms with van der Waals surface area (Å²) in [6.07, 6.45) is 3.68. The van der Waals surface area contributed by atoms with E-state index in [2.05, 4.69) is 17.9 Å². The lowest BCUT2D eigenvalue weighted by molar-refractivity contribution is -0.120. The molecular weight excluding hydrogens is 338 g/mol. The smallest absolute Gasteiger partial charge is 0.241 e. The average molecular weight is 365 g/mol. The molecule has 1 saturated heterocycles. The van der Waals surface area contributed by atoms with Crippen LogP contribution in [0.25, 0.3) is 0 Å². The van der Waals surface area contributed by atoms with Gasteiger partial charge in [0.25, 0.3) is 0 Å². The van der Waals surface area contributed by atoms with Gasteiger partial charge in [-0.2, -0.15) is 0 Å². The maximum Gasteiger partial charge on any atom is 0.241 e. The Labute approximate surface area is 150 Å². The summed E-state index contributed by atoms with van der Waals surface area (Å²) in [7, 11) is -1.51. The van der Waals surface area contributed by atoms with Crippen molar-refractivity contribution in [2.45, 2.75) is 38.3 Å². The van der Waals surface area contributed by atoms with Gasteiger partial charge >= 0.3 is 0 Å². The van der Waals surface area contributed by atoms with Crippen molar-refractivity contribution in [3.8, 4) is 0 Å². The predicted molar refractivity (Wildman–Crippen MR) is 99.2 cm³/mol. The number of hydrogen-bond donors (Lipinski definition) is 0. The SMILES string of the molecule is CC1Cc2ccccc2N1C(=O)CN1CCC(N(C)S(C)(=O)=O)CC1. The van der Waals surface area contributed by atoms with Gasteiger partial charge in [-0.3, -0.25) is 9.69 Å². The maximum atomic E-state index is 12.8. The number of sulfonamides is 1. The summed E-state index contributed by atoms with van der Waals surface area (Å²) >= 11 is 0. The third-order valence-electron chi connectivity index (χ3n) is 5.43. The number of piperidine rings is 1. The Bertz CT molecular complexity index is 742. The van der Waals surface area contributed by atoms with Crippen LogP contribution in [-0.4, -0.2) is 68.6 Å². The van der Waals surface area contributed by atoms with E-state index >= 15 is 0 Å². The first-order valence-corrected chi connectivity index (χ1v) is 10.7. The first kappa shape index (κ1) is 18.4.